The third-order valence-corrected chi connectivity index (χ3v) is 3.56. The highest BCUT2D eigenvalue weighted by atomic mass is 16.6. The Bertz CT molecular complexity index is 377. The minimum atomic E-state index is -0.272. The smallest absolute Gasteiger partial charge is 0.330 e. The third kappa shape index (κ3) is 6.06. The van der Waals surface area contributed by atoms with Gasteiger partial charge in [-0.25, -0.2) is 4.79 Å². The lowest BCUT2D eigenvalue weighted by Gasteiger charge is -2.02. The van der Waals surface area contributed by atoms with E-state index in [1.54, 1.807) is 6.08 Å². The number of rotatable bonds is 7. The molecule has 1 aliphatic rings. The van der Waals surface area contributed by atoms with Gasteiger partial charge in [-0.2, -0.15) is 0 Å². The highest BCUT2D eigenvalue weighted by Gasteiger charge is 2.46. The molecule has 0 radical (unpaired) electrons. The maximum Gasteiger partial charge on any atom is 0.330 e. The van der Waals surface area contributed by atoms with E-state index in [-0.39, 0.29) is 11.6 Å². The molecule has 1 fully saturated rings. The average Bonchev–Trinajstić information content (AvgIpc) is 2.94. The minimum absolute atomic E-state index is 0.0973. The van der Waals surface area contributed by atoms with E-state index in [0.717, 1.165) is 31.3 Å². The van der Waals surface area contributed by atoms with Crippen LogP contribution in [0.15, 0.2) is 23.3 Å². The van der Waals surface area contributed by atoms with Crippen molar-refractivity contribution in [2.24, 2.45) is 0 Å². The molecule has 0 spiro atoms. The summed E-state index contributed by atoms with van der Waals surface area (Å²) in [6, 6.07) is 0. The number of allylic oxidation sites excluding steroid dienone is 3. The van der Waals surface area contributed by atoms with Gasteiger partial charge in [0.25, 0.3) is 0 Å². The largest absolute Gasteiger partial charge is 0.466 e. The van der Waals surface area contributed by atoms with Crippen LogP contribution < -0.4 is 0 Å². The van der Waals surface area contributed by atoms with E-state index >= 15 is 0 Å². The number of methoxy groups -OCH3 is 1. The molecule has 1 aliphatic heterocycles. The van der Waals surface area contributed by atoms with E-state index in [9.17, 15) is 4.79 Å². The summed E-state index contributed by atoms with van der Waals surface area (Å²) in [6.45, 7) is 8.39. The van der Waals surface area contributed by atoms with Gasteiger partial charge in [-0.1, -0.05) is 17.2 Å². The number of hydrogen-bond acceptors (Lipinski definition) is 3. The van der Waals surface area contributed by atoms with E-state index in [2.05, 4.69) is 31.6 Å². The molecule has 0 saturated carbocycles. The van der Waals surface area contributed by atoms with Gasteiger partial charge in [0.1, 0.15) is 0 Å². The first kappa shape index (κ1) is 16.0. The van der Waals surface area contributed by atoms with Crippen molar-refractivity contribution in [2.75, 3.05) is 7.11 Å². The average molecular weight is 266 g/mol. The van der Waals surface area contributed by atoms with Crippen molar-refractivity contribution in [3.63, 3.8) is 0 Å². The van der Waals surface area contributed by atoms with E-state index in [1.807, 2.05) is 6.92 Å². The van der Waals surface area contributed by atoms with Crippen molar-refractivity contribution in [1.82, 2.24) is 0 Å². The summed E-state index contributed by atoms with van der Waals surface area (Å²) in [5.41, 5.74) is 2.56. The molecule has 0 bridgehead atoms. The van der Waals surface area contributed by atoms with Crippen molar-refractivity contribution < 1.29 is 14.3 Å². The summed E-state index contributed by atoms with van der Waals surface area (Å²) in [5, 5.41) is 0. The van der Waals surface area contributed by atoms with E-state index in [4.69, 9.17) is 4.74 Å². The van der Waals surface area contributed by atoms with Crippen LogP contribution in [0.1, 0.15) is 53.4 Å². The maximum absolute atomic E-state index is 11.0. The first-order chi connectivity index (χ1) is 8.85. The highest BCUT2D eigenvalue weighted by Crippen LogP contribution is 2.38. The molecule has 0 aromatic heterocycles. The fourth-order valence-corrected chi connectivity index (χ4v) is 2.08. The molecule has 0 aromatic carbocycles. The predicted octanol–water partition coefficient (Wildman–Crippen LogP) is 3.79. The Morgan fingerprint density at radius 1 is 1.26 bits per heavy atom. The van der Waals surface area contributed by atoms with Crippen LogP contribution in [0.4, 0.5) is 0 Å². The number of ether oxygens (including phenoxy) is 2. The Kier molecular flexibility index (Phi) is 5.80. The van der Waals surface area contributed by atoms with Gasteiger partial charge in [0.05, 0.1) is 18.8 Å². The zero-order valence-electron chi connectivity index (χ0n) is 12.8. The molecule has 1 atom stereocenters. The Hall–Kier alpha value is -1.09. The molecular weight excluding hydrogens is 240 g/mol. The lowest BCUT2D eigenvalue weighted by Crippen LogP contribution is -2.02. The Morgan fingerprint density at radius 3 is 2.42 bits per heavy atom. The van der Waals surface area contributed by atoms with Crippen LogP contribution in [0.3, 0.4) is 0 Å². The van der Waals surface area contributed by atoms with E-state index in [1.165, 1.54) is 12.7 Å². The Balaban J connectivity index is 2.21. The number of esters is 1. The molecule has 108 valence electrons. The molecule has 0 unspecified atom stereocenters. The van der Waals surface area contributed by atoms with Crippen molar-refractivity contribution in [1.29, 1.82) is 0 Å². The standard InChI is InChI=1S/C16H26O3/c1-12(9-10-14-16(3,4)19-14)7-6-8-13(2)11-15(17)18-5/h7,11,14H,6,8-10H2,1-5H3/b12-7+,13-11+/t14-/m0/s1. The van der Waals surface area contributed by atoms with E-state index < -0.39 is 0 Å². The van der Waals surface area contributed by atoms with Gasteiger partial charge in [-0.15, -0.1) is 0 Å². The molecule has 19 heavy (non-hydrogen) atoms. The van der Waals surface area contributed by atoms with Crippen LogP contribution in [0.25, 0.3) is 0 Å². The molecule has 3 nitrogen and oxygen atoms in total. The zero-order chi connectivity index (χ0) is 14.5. The van der Waals surface area contributed by atoms with Crippen molar-refractivity contribution in [3.05, 3.63) is 23.3 Å². The van der Waals surface area contributed by atoms with Crippen molar-refractivity contribution in [3.8, 4) is 0 Å². The third-order valence-electron chi connectivity index (χ3n) is 3.56. The number of carbonyl (C=O) groups is 1. The second-order valence-electron chi connectivity index (χ2n) is 5.85. The summed E-state index contributed by atoms with van der Waals surface area (Å²) in [6.07, 6.45) is 8.31. The maximum atomic E-state index is 11.0. The van der Waals surface area contributed by atoms with Crippen LogP contribution in [-0.4, -0.2) is 24.8 Å². The first-order valence-corrected chi connectivity index (χ1v) is 6.93. The monoisotopic (exact) mass is 266 g/mol. The molecule has 1 rings (SSSR count). The lowest BCUT2D eigenvalue weighted by molar-refractivity contribution is -0.134. The fourth-order valence-electron chi connectivity index (χ4n) is 2.08. The van der Waals surface area contributed by atoms with Gasteiger partial charge in [0.2, 0.25) is 0 Å². The molecule has 0 aromatic rings. The van der Waals surface area contributed by atoms with Gasteiger partial charge in [0.15, 0.2) is 0 Å². The van der Waals surface area contributed by atoms with Crippen LogP contribution in [0.2, 0.25) is 0 Å². The quantitative estimate of drug-likeness (QED) is 0.304. The molecular formula is C16H26O3. The lowest BCUT2D eigenvalue weighted by atomic mass is 10.0. The molecule has 1 heterocycles. The van der Waals surface area contributed by atoms with Gasteiger partial charge < -0.3 is 9.47 Å². The number of epoxide rings is 1. The van der Waals surface area contributed by atoms with E-state index in [0.29, 0.717) is 6.10 Å². The summed E-state index contributed by atoms with van der Waals surface area (Å²) in [5.74, 6) is -0.272. The normalized spacial score (nSPS) is 22.3. The first-order valence-electron chi connectivity index (χ1n) is 6.93. The SMILES string of the molecule is COC(=O)/C=C(\C)CC/C=C(\C)CC[C@@H]1OC1(C)C. The van der Waals surface area contributed by atoms with Crippen LogP contribution >= 0.6 is 0 Å². The van der Waals surface area contributed by atoms with Crippen LogP contribution in [0, 0.1) is 0 Å². The second-order valence-corrected chi connectivity index (χ2v) is 5.85. The molecule has 3 heteroatoms. The zero-order valence-corrected chi connectivity index (χ0v) is 12.8. The topological polar surface area (TPSA) is 38.8 Å². The molecule has 0 N–H and O–H groups in total. The fraction of sp³-hybridized carbons (Fsp3) is 0.688. The van der Waals surface area contributed by atoms with Crippen LogP contribution in [0.5, 0.6) is 0 Å². The van der Waals surface area contributed by atoms with Gasteiger partial charge in [-0.05, 0) is 53.4 Å². The van der Waals surface area contributed by atoms with Crippen LogP contribution in [-0.2, 0) is 14.3 Å². The summed E-state index contributed by atoms with van der Waals surface area (Å²) in [7, 11) is 1.40. The molecule has 0 aliphatic carbocycles. The molecule has 1 saturated heterocycles. The minimum Gasteiger partial charge on any atom is -0.466 e. The Morgan fingerprint density at radius 2 is 1.89 bits per heavy atom. The predicted molar refractivity (Wildman–Crippen MR) is 77.0 cm³/mol. The summed E-state index contributed by atoms with van der Waals surface area (Å²) >= 11 is 0. The van der Waals surface area contributed by atoms with Gasteiger partial charge in [-0.3, -0.25) is 0 Å². The summed E-state index contributed by atoms with van der Waals surface area (Å²) < 4.78 is 10.2. The summed E-state index contributed by atoms with van der Waals surface area (Å²) in [4.78, 5) is 11.0. The highest BCUT2D eigenvalue weighted by molar-refractivity contribution is 5.82. The molecule has 0 amide bonds. The second kappa shape index (κ2) is 6.90. The van der Waals surface area contributed by atoms with Gasteiger partial charge >= 0.3 is 5.97 Å². The number of hydrogen-bond donors (Lipinski definition) is 0. The van der Waals surface area contributed by atoms with Crippen molar-refractivity contribution >= 4 is 5.97 Å². The van der Waals surface area contributed by atoms with Gasteiger partial charge in [0, 0.05) is 6.08 Å². The van der Waals surface area contributed by atoms with Crippen molar-refractivity contribution in [2.45, 2.75) is 65.1 Å². The number of carbonyl (C=O) groups excluding carboxylic acids is 1. The Labute approximate surface area is 116 Å².